The summed E-state index contributed by atoms with van der Waals surface area (Å²) in [5.41, 5.74) is 3.25. The zero-order valence-electron chi connectivity index (χ0n) is 8.50. The van der Waals surface area contributed by atoms with Crippen LogP contribution in [0.25, 0.3) is 0 Å². The van der Waals surface area contributed by atoms with E-state index in [-0.39, 0.29) is 0 Å². The molecule has 0 N–H and O–H groups in total. The molecule has 1 aromatic carbocycles. The number of alkyl halides is 3. The molecule has 0 amide bonds. The van der Waals surface area contributed by atoms with Crippen LogP contribution in [0.2, 0.25) is 0 Å². The molecule has 0 heterocycles. The lowest BCUT2D eigenvalue weighted by molar-refractivity contribution is -0.127. The molecular formula is C11H13F3. The summed E-state index contributed by atoms with van der Waals surface area (Å²) in [6.45, 7) is 5.59. The van der Waals surface area contributed by atoms with E-state index in [2.05, 4.69) is 0 Å². The van der Waals surface area contributed by atoms with Gasteiger partial charge in [-0.05, 0) is 43.0 Å². The highest BCUT2D eigenvalue weighted by Gasteiger charge is 2.27. The van der Waals surface area contributed by atoms with Crippen molar-refractivity contribution >= 4 is 0 Å². The van der Waals surface area contributed by atoms with Crippen LogP contribution in [0.3, 0.4) is 0 Å². The Balaban J connectivity index is 3.02. The largest absolute Gasteiger partial charge is 0.393 e. The summed E-state index contributed by atoms with van der Waals surface area (Å²) >= 11 is 0. The molecule has 0 radical (unpaired) electrons. The van der Waals surface area contributed by atoms with Crippen molar-refractivity contribution in [2.75, 3.05) is 0 Å². The van der Waals surface area contributed by atoms with E-state index >= 15 is 0 Å². The van der Waals surface area contributed by atoms with Crippen molar-refractivity contribution in [1.29, 1.82) is 0 Å². The lowest BCUT2D eigenvalue weighted by Crippen LogP contribution is -2.12. The first kappa shape index (κ1) is 11.1. The molecule has 0 fully saturated rings. The van der Waals surface area contributed by atoms with E-state index in [1.807, 2.05) is 20.8 Å². The molecule has 78 valence electrons. The normalized spacial score (nSPS) is 11.9. The van der Waals surface area contributed by atoms with Crippen LogP contribution >= 0.6 is 0 Å². The molecule has 0 aliphatic carbocycles. The first-order chi connectivity index (χ1) is 6.29. The van der Waals surface area contributed by atoms with Crippen molar-refractivity contribution in [3.05, 3.63) is 34.4 Å². The predicted octanol–water partition coefficient (Wildman–Crippen LogP) is 3.72. The summed E-state index contributed by atoms with van der Waals surface area (Å²) in [6.07, 6.45) is -4.96. The lowest BCUT2D eigenvalue weighted by Gasteiger charge is -2.10. The molecule has 0 atom stereocenters. The maximum atomic E-state index is 12.1. The van der Waals surface area contributed by atoms with E-state index in [0.717, 1.165) is 16.7 Å². The zero-order chi connectivity index (χ0) is 10.9. The van der Waals surface area contributed by atoms with Crippen molar-refractivity contribution in [3.63, 3.8) is 0 Å². The summed E-state index contributed by atoms with van der Waals surface area (Å²) < 4.78 is 36.3. The molecule has 0 saturated heterocycles. The van der Waals surface area contributed by atoms with Crippen LogP contribution in [-0.4, -0.2) is 6.18 Å². The summed E-state index contributed by atoms with van der Waals surface area (Å²) in [6, 6.07) is 3.21. The Morgan fingerprint density at radius 1 is 1.00 bits per heavy atom. The van der Waals surface area contributed by atoms with Crippen LogP contribution in [0.1, 0.15) is 22.3 Å². The second-order valence-corrected chi connectivity index (χ2v) is 3.65. The van der Waals surface area contributed by atoms with Gasteiger partial charge in [-0.15, -0.1) is 0 Å². The van der Waals surface area contributed by atoms with E-state index in [4.69, 9.17) is 0 Å². The van der Waals surface area contributed by atoms with E-state index in [9.17, 15) is 13.2 Å². The molecule has 0 aliphatic heterocycles. The smallest absolute Gasteiger partial charge is 0.171 e. The zero-order valence-corrected chi connectivity index (χ0v) is 8.50. The molecule has 0 aromatic heterocycles. The lowest BCUT2D eigenvalue weighted by atomic mass is 9.99. The van der Waals surface area contributed by atoms with Gasteiger partial charge >= 0.3 is 6.18 Å². The summed E-state index contributed by atoms with van der Waals surface area (Å²) in [5.74, 6) is 0. The molecule has 0 bridgehead atoms. The Kier molecular flexibility index (Phi) is 2.88. The Labute approximate surface area is 81.8 Å². The molecule has 14 heavy (non-hydrogen) atoms. The van der Waals surface area contributed by atoms with Gasteiger partial charge in [-0.2, -0.15) is 13.2 Å². The second-order valence-electron chi connectivity index (χ2n) is 3.65. The van der Waals surface area contributed by atoms with Crippen molar-refractivity contribution in [2.24, 2.45) is 0 Å². The molecule has 0 nitrogen and oxygen atoms in total. The third kappa shape index (κ3) is 2.76. The first-order valence-electron chi connectivity index (χ1n) is 4.43. The minimum absolute atomic E-state index is 0.345. The van der Waals surface area contributed by atoms with Crippen molar-refractivity contribution < 1.29 is 13.2 Å². The van der Waals surface area contributed by atoms with Gasteiger partial charge in [0.15, 0.2) is 0 Å². The van der Waals surface area contributed by atoms with E-state index in [1.54, 1.807) is 12.1 Å². The molecule has 0 aliphatic rings. The number of benzene rings is 1. The first-order valence-corrected chi connectivity index (χ1v) is 4.43. The predicted molar refractivity (Wildman–Crippen MR) is 50.4 cm³/mol. The van der Waals surface area contributed by atoms with Crippen LogP contribution in [0.4, 0.5) is 13.2 Å². The Morgan fingerprint density at radius 3 is 1.79 bits per heavy atom. The molecule has 0 saturated carbocycles. The molecule has 3 heteroatoms. The molecule has 1 aromatic rings. The molecular weight excluding hydrogens is 189 g/mol. The standard InChI is InChI=1S/C11H13F3/c1-7-4-10(6-11(12,13)14)5-8(2)9(7)3/h4-5H,6H2,1-3H3. The highest BCUT2D eigenvalue weighted by molar-refractivity contribution is 5.37. The number of hydrogen-bond acceptors (Lipinski definition) is 0. The summed E-state index contributed by atoms with van der Waals surface area (Å²) in [7, 11) is 0. The SMILES string of the molecule is Cc1cc(CC(F)(F)F)cc(C)c1C. The van der Waals surface area contributed by atoms with Crippen LogP contribution in [0, 0.1) is 20.8 Å². The highest BCUT2D eigenvalue weighted by atomic mass is 19.4. The third-order valence-corrected chi connectivity index (χ3v) is 2.39. The average molecular weight is 202 g/mol. The molecule has 0 unspecified atom stereocenters. The number of halogens is 3. The van der Waals surface area contributed by atoms with Gasteiger partial charge in [-0.25, -0.2) is 0 Å². The number of aryl methyl sites for hydroxylation is 2. The fourth-order valence-electron chi connectivity index (χ4n) is 1.46. The third-order valence-electron chi connectivity index (χ3n) is 2.39. The molecule has 0 spiro atoms. The Hall–Kier alpha value is -0.990. The van der Waals surface area contributed by atoms with Crippen LogP contribution in [-0.2, 0) is 6.42 Å². The summed E-state index contributed by atoms with van der Waals surface area (Å²) in [4.78, 5) is 0. The van der Waals surface area contributed by atoms with E-state index in [1.165, 1.54) is 0 Å². The van der Waals surface area contributed by atoms with Gasteiger partial charge in [0, 0.05) is 0 Å². The van der Waals surface area contributed by atoms with Gasteiger partial charge in [0.25, 0.3) is 0 Å². The Bertz CT molecular complexity index is 314. The van der Waals surface area contributed by atoms with Crippen LogP contribution in [0.15, 0.2) is 12.1 Å². The van der Waals surface area contributed by atoms with E-state index in [0.29, 0.717) is 5.56 Å². The van der Waals surface area contributed by atoms with Crippen molar-refractivity contribution in [1.82, 2.24) is 0 Å². The van der Waals surface area contributed by atoms with Gasteiger partial charge in [0.05, 0.1) is 6.42 Å². The van der Waals surface area contributed by atoms with E-state index < -0.39 is 12.6 Å². The maximum Gasteiger partial charge on any atom is 0.393 e. The van der Waals surface area contributed by atoms with Gasteiger partial charge in [-0.1, -0.05) is 12.1 Å². The van der Waals surface area contributed by atoms with Crippen molar-refractivity contribution in [2.45, 2.75) is 33.4 Å². The van der Waals surface area contributed by atoms with Crippen LogP contribution < -0.4 is 0 Å². The second kappa shape index (κ2) is 3.64. The van der Waals surface area contributed by atoms with Gasteiger partial charge in [0.2, 0.25) is 0 Å². The number of rotatable bonds is 1. The van der Waals surface area contributed by atoms with Crippen molar-refractivity contribution in [3.8, 4) is 0 Å². The van der Waals surface area contributed by atoms with Gasteiger partial charge in [-0.3, -0.25) is 0 Å². The maximum absolute atomic E-state index is 12.1. The Morgan fingerprint density at radius 2 is 1.43 bits per heavy atom. The highest BCUT2D eigenvalue weighted by Crippen LogP contribution is 2.24. The molecule has 1 rings (SSSR count). The summed E-state index contributed by atoms with van der Waals surface area (Å²) in [5, 5.41) is 0. The fraction of sp³-hybridized carbons (Fsp3) is 0.455. The topological polar surface area (TPSA) is 0 Å². The fourth-order valence-corrected chi connectivity index (χ4v) is 1.46. The average Bonchev–Trinajstić information content (AvgIpc) is 1.96. The van der Waals surface area contributed by atoms with Gasteiger partial charge in [0.1, 0.15) is 0 Å². The minimum Gasteiger partial charge on any atom is -0.171 e. The van der Waals surface area contributed by atoms with Gasteiger partial charge < -0.3 is 0 Å². The quantitative estimate of drug-likeness (QED) is 0.651. The number of hydrogen-bond donors (Lipinski definition) is 0. The monoisotopic (exact) mass is 202 g/mol. The minimum atomic E-state index is -4.12. The van der Waals surface area contributed by atoms with Crippen LogP contribution in [0.5, 0.6) is 0 Å².